The summed E-state index contributed by atoms with van der Waals surface area (Å²) < 4.78 is 26.9. The minimum absolute atomic E-state index is 0.0439. The van der Waals surface area contributed by atoms with Gasteiger partial charge in [-0.05, 0) is 44.0 Å². The lowest BCUT2D eigenvalue weighted by molar-refractivity contribution is 0.539. The van der Waals surface area contributed by atoms with E-state index in [-0.39, 0.29) is 15.5 Å². The molecule has 0 aromatic heterocycles. The van der Waals surface area contributed by atoms with Crippen molar-refractivity contribution in [2.24, 2.45) is 0 Å². The van der Waals surface area contributed by atoms with E-state index in [1.807, 2.05) is 6.07 Å². The van der Waals surface area contributed by atoms with Crippen molar-refractivity contribution >= 4 is 21.6 Å². The Hall–Kier alpha value is -1.13. The van der Waals surface area contributed by atoms with Crippen LogP contribution < -0.4 is 10.0 Å². The number of nitriles is 1. The molecule has 5 nitrogen and oxygen atoms in total. The Kier molecular flexibility index (Phi) is 5.00. The third kappa shape index (κ3) is 3.70. The third-order valence-electron chi connectivity index (χ3n) is 3.30. The number of sulfonamides is 1. The van der Waals surface area contributed by atoms with E-state index in [1.165, 1.54) is 18.2 Å². The maximum Gasteiger partial charge on any atom is 0.242 e. The molecule has 0 bridgehead atoms. The fraction of sp³-hybridized carbons (Fsp3) is 0.462. The molecule has 20 heavy (non-hydrogen) atoms. The van der Waals surface area contributed by atoms with Crippen LogP contribution in [0.2, 0.25) is 5.02 Å². The number of halogens is 1. The Labute approximate surface area is 124 Å². The summed E-state index contributed by atoms with van der Waals surface area (Å²) in [5, 5.41) is 12.3. The minimum Gasteiger partial charge on any atom is -0.314 e. The van der Waals surface area contributed by atoms with Crippen LogP contribution in [0.1, 0.15) is 24.8 Å². The van der Waals surface area contributed by atoms with Crippen molar-refractivity contribution < 1.29 is 8.42 Å². The molecular weight excluding hydrogens is 298 g/mol. The molecule has 1 aliphatic heterocycles. The Morgan fingerprint density at radius 2 is 2.30 bits per heavy atom. The van der Waals surface area contributed by atoms with Crippen molar-refractivity contribution in [1.82, 2.24) is 10.0 Å². The van der Waals surface area contributed by atoms with Gasteiger partial charge < -0.3 is 5.32 Å². The molecule has 0 aliphatic carbocycles. The van der Waals surface area contributed by atoms with Crippen LogP contribution in [0.25, 0.3) is 0 Å². The predicted molar refractivity (Wildman–Crippen MR) is 77.0 cm³/mol. The number of benzene rings is 1. The Morgan fingerprint density at radius 3 is 2.95 bits per heavy atom. The van der Waals surface area contributed by atoms with Crippen LogP contribution in [0.5, 0.6) is 0 Å². The van der Waals surface area contributed by atoms with Gasteiger partial charge in [-0.1, -0.05) is 11.6 Å². The lowest BCUT2D eigenvalue weighted by Gasteiger charge is -2.12. The van der Waals surface area contributed by atoms with E-state index in [4.69, 9.17) is 16.9 Å². The molecule has 1 unspecified atom stereocenters. The second-order valence-corrected chi connectivity index (χ2v) is 6.88. The fourth-order valence-corrected chi connectivity index (χ4v) is 3.80. The van der Waals surface area contributed by atoms with Crippen LogP contribution in [0.3, 0.4) is 0 Å². The zero-order valence-corrected chi connectivity index (χ0v) is 12.5. The first-order chi connectivity index (χ1) is 9.53. The zero-order chi connectivity index (χ0) is 14.6. The Bertz CT molecular complexity index is 619. The Balaban J connectivity index is 2.04. The van der Waals surface area contributed by atoms with E-state index in [0.29, 0.717) is 12.6 Å². The molecule has 0 spiro atoms. The maximum atomic E-state index is 12.2. The molecule has 7 heteroatoms. The summed E-state index contributed by atoms with van der Waals surface area (Å²) in [6.45, 7) is 1.35. The number of nitrogens with one attached hydrogen (secondary N) is 2. The highest BCUT2D eigenvalue weighted by molar-refractivity contribution is 7.89. The number of rotatable bonds is 5. The van der Waals surface area contributed by atoms with Crippen LogP contribution in [0, 0.1) is 11.3 Å². The average Bonchev–Trinajstić information content (AvgIpc) is 2.92. The monoisotopic (exact) mass is 313 g/mol. The van der Waals surface area contributed by atoms with Gasteiger partial charge >= 0.3 is 0 Å². The lowest BCUT2D eigenvalue weighted by Crippen LogP contribution is -2.30. The van der Waals surface area contributed by atoms with Gasteiger partial charge in [0.25, 0.3) is 0 Å². The first-order valence-electron chi connectivity index (χ1n) is 6.45. The van der Waals surface area contributed by atoms with Crippen molar-refractivity contribution in [1.29, 1.82) is 5.26 Å². The smallest absolute Gasteiger partial charge is 0.242 e. The van der Waals surface area contributed by atoms with Crippen molar-refractivity contribution in [3.05, 3.63) is 28.8 Å². The van der Waals surface area contributed by atoms with Gasteiger partial charge in [0.15, 0.2) is 0 Å². The molecule has 0 radical (unpaired) electrons. The molecule has 2 N–H and O–H groups in total. The van der Waals surface area contributed by atoms with Crippen LogP contribution in [0.4, 0.5) is 0 Å². The summed E-state index contributed by atoms with van der Waals surface area (Å²) in [5.41, 5.74) is 0.271. The van der Waals surface area contributed by atoms with Gasteiger partial charge in [0.1, 0.15) is 4.90 Å². The first kappa shape index (κ1) is 15.3. The SMILES string of the molecule is N#Cc1ccc(Cl)c(S(=O)(=O)NCCC2CCCN2)c1. The van der Waals surface area contributed by atoms with Crippen LogP contribution in [-0.2, 0) is 10.0 Å². The number of nitrogens with zero attached hydrogens (tertiary/aromatic N) is 1. The summed E-state index contributed by atoms with van der Waals surface area (Å²) in [7, 11) is -3.68. The average molecular weight is 314 g/mol. The van der Waals surface area contributed by atoms with Gasteiger partial charge in [-0.2, -0.15) is 5.26 Å². The van der Waals surface area contributed by atoms with Gasteiger partial charge in [-0.25, -0.2) is 13.1 Å². The highest BCUT2D eigenvalue weighted by Crippen LogP contribution is 2.22. The predicted octanol–water partition coefficient (Wildman–Crippen LogP) is 1.63. The second-order valence-electron chi connectivity index (χ2n) is 4.74. The molecule has 1 aromatic carbocycles. The standard InChI is InChI=1S/C13H16ClN3O2S/c14-12-4-3-10(9-15)8-13(12)20(18,19)17-7-5-11-2-1-6-16-11/h3-4,8,11,16-17H,1-2,5-7H2. The van der Waals surface area contributed by atoms with Crippen molar-refractivity contribution in [3.8, 4) is 6.07 Å². The van der Waals surface area contributed by atoms with Gasteiger partial charge in [0.05, 0.1) is 16.7 Å². The maximum absolute atomic E-state index is 12.2. The van der Waals surface area contributed by atoms with Crippen molar-refractivity contribution in [3.63, 3.8) is 0 Å². The molecule has 2 rings (SSSR count). The van der Waals surface area contributed by atoms with Gasteiger partial charge in [-0.15, -0.1) is 0 Å². The highest BCUT2D eigenvalue weighted by Gasteiger charge is 2.20. The molecular formula is C13H16ClN3O2S. The van der Waals surface area contributed by atoms with Crippen LogP contribution in [0.15, 0.2) is 23.1 Å². The molecule has 108 valence electrons. The Morgan fingerprint density at radius 1 is 1.50 bits per heavy atom. The molecule has 1 heterocycles. The zero-order valence-electron chi connectivity index (χ0n) is 10.9. The normalized spacial score (nSPS) is 18.9. The molecule has 1 fully saturated rings. The van der Waals surface area contributed by atoms with Crippen LogP contribution in [-0.4, -0.2) is 27.5 Å². The van der Waals surface area contributed by atoms with Gasteiger partial charge in [0.2, 0.25) is 10.0 Å². The van der Waals surface area contributed by atoms with E-state index < -0.39 is 10.0 Å². The molecule has 1 saturated heterocycles. The molecule has 1 aliphatic rings. The minimum atomic E-state index is -3.68. The third-order valence-corrected chi connectivity index (χ3v) is 5.24. The quantitative estimate of drug-likeness (QED) is 0.865. The van der Waals surface area contributed by atoms with Crippen molar-refractivity contribution in [2.75, 3.05) is 13.1 Å². The second kappa shape index (κ2) is 6.55. The van der Waals surface area contributed by atoms with E-state index in [1.54, 1.807) is 0 Å². The van der Waals surface area contributed by atoms with Crippen LogP contribution >= 0.6 is 11.6 Å². The van der Waals surface area contributed by atoms with E-state index in [2.05, 4.69) is 10.0 Å². The van der Waals surface area contributed by atoms with E-state index in [0.717, 1.165) is 25.8 Å². The van der Waals surface area contributed by atoms with E-state index >= 15 is 0 Å². The van der Waals surface area contributed by atoms with Gasteiger partial charge in [0, 0.05) is 12.6 Å². The summed E-state index contributed by atoms with van der Waals surface area (Å²) >= 11 is 5.90. The fourth-order valence-electron chi connectivity index (χ4n) is 2.23. The topological polar surface area (TPSA) is 82.0 Å². The summed E-state index contributed by atoms with van der Waals surface area (Å²) in [6.07, 6.45) is 2.95. The summed E-state index contributed by atoms with van der Waals surface area (Å²) in [5.74, 6) is 0. The first-order valence-corrected chi connectivity index (χ1v) is 8.32. The van der Waals surface area contributed by atoms with Gasteiger partial charge in [-0.3, -0.25) is 0 Å². The number of hydrogen-bond acceptors (Lipinski definition) is 4. The molecule has 1 atom stereocenters. The highest BCUT2D eigenvalue weighted by atomic mass is 35.5. The summed E-state index contributed by atoms with van der Waals surface area (Å²) in [6, 6.07) is 6.48. The largest absolute Gasteiger partial charge is 0.314 e. The number of hydrogen-bond donors (Lipinski definition) is 2. The molecule has 0 amide bonds. The molecule has 0 saturated carbocycles. The van der Waals surface area contributed by atoms with E-state index in [9.17, 15) is 8.42 Å². The lowest BCUT2D eigenvalue weighted by atomic mass is 10.2. The van der Waals surface area contributed by atoms with Crippen molar-refractivity contribution in [2.45, 2.75) is 30.2 Å². The summed E-state index contributed by atoms with van der Waals surface area (Å²) in [4.78, 5) is -0.0439. The molecule has 1 aromatic rings.